The summed E-state index contributed by atoms with van der Waals surface area (Å²) in [6.07, 6.45) is -21.2. The van der Waals surface area contributed by atoms with Gasteiger partial charge in [-0.15, -0.1) is 0 Å². The van der Waals surface area contributed by atoms with Crippen LogP contribution in [0.5, 0.6) is 0 Å². The molecule has 0 spiro atoms. The zero-order valence-electron chi connectivity index (χ0n) is 35.5. The Morgan fingerprint density at radius 1 is 1.39 bits per heavy atom. The second-order valence-corrected chi connectivity index (χ2v) is 6.49. The van der Waals surface area contributed by atoms with Gasteiger partial charge in [-0.2, -0.15) is 0 Å². The van der Waals surface area contributed by atoms with Crippen LogP contribution in [0.1, 0.15) is 64.8 Å². The number of carbonyl (C=O) groups excluding carboxylic acids is 1. The fraction of sp³-hybridized carbons (Fsp3) is 0.682. The minimum absolute atomic E-state index is 0.0120. The van der Waals surface area contributed by atoms with Gasteiger partial charge in [0.1, 0.15) is 0 Å². The number of rotatable bonds is 5. The molecule has 0 bridgehead atoms. The van der Waals surface area contributed by atoms with Crippen molar-refractivity contribution in [3.63, 3.8) is 0 Å². The molecule has 0 atom stereocenters. The van der Waals surface area contributed by atoms with Gasteiger partial charge in [0.05, 0.1) is 16.2 Å². The first kappa shape index (κ1) is 7.35. The summed E-state index contributed by atoms with van der Waals surface area (Å²) in [6.45, 7) is -6.54. The van der Waals surface area contributed by atoms with Gasteiger partial charge in [0.15, 0.2) is 0 Å². The molecular weight excluding hydrogens is 372 g/mol. The summed E-state index contributed by atoms with van der Waals surface area (Å²) in [5, 5.41) is 1.41. The van der Waals surface area contributed by atoms with E-state index >= 15 is 0 Å². The van der Waals surface area contributed by atoms with Gasteiger partial charge < -0.3 is 15.1 Å². The molecule has 2 amide bonds. The lowest BCUT2D eigenvalue weighted by molar-refractivity contribution is 0.194. The standard InChI is InChI=1S/C22H35ClN4O/c1-17-5-4-6-20(21(17)23)27-15-13-26(14-16-27)12-11-18-7-9-19(10-8-18)24-22(28)25(2)3/h4-6,18-19H,7-16H2,1-3H3,(H,24,28)/i2D3,4D,5D,6D,7D2,8D2,9D2,10D2,11D2,12D2,18D,19D. The van der Waals surface area contributed by atoms with Crippen LogP contribution in [0.2, 0.25) is 5.02 Å². The van der Waals surface area contributed by atoms with Gasteiger partial charge in [-0.3, -0.25) is 4.90 Å². The Kier molecular flexibility index (Phi) is 2.58. The second-order valence-electron chi connectivity index (χ2n) is 6.11. The largest absolute Gasteiger partial charge is 0.368 e. The Hall–Kier alpha value is -1.46. The molecule has 1 N–H and O–H groups in total. The number of benzene rings is 1. The van der Waals surface area contributed by atoms with Crippen molar-refractivity contribution in [2.45, 2.75) is 44.8 Å². The van der Waals surface area contributed by atoms with Crippen LogP contribution in [0.15, 0.2) is 18.1 Å². The monoisotopic (exact) mass is 426 g/mol. The molecule has 1 saturated carbocycles. The lowest BCUT2D eigenvalue weighted by Gasteiger charge is -2.37. The molecule has 2 fully saturated rings. The van der Waals surface area contributed by atoms with Gasteiger partial charge in [-0.05, 0) is 62.8 Å². The number of hydrogen-bond acceptors (Lipinski definition) is 3. The van der Waals surface area contributed by atoms with Crippen LogP contribution in [-0.2, 0) is 0 Å². The lowest BCUT2D eigenvalue weighted by Crippen LogP contribution is -2.47. The minimum atomic E-state index is -4.34. The summed E-state index contributed by atoms with van der Waals surface area (Å²) in [4.78, 5) is 14.9. The van der Waals surface area contributed by atoms with Crippen LogP contribution in [0, 0.1) is 12.8 Å². The molecule has 1 aliphatic heterocycles. The van der Waals surface area contributed by atoms with E-state index in [4.69, 9.17) is 39.0 Å². The summed E-state index contributed by atoms with van der Waals surface area (Å²) < 4.78 is 168. The molecule has 0 aromatic heterocycles. The Morgan fingerprint density at radius 3 is 2.79 bits per heavy atom. The van der Waals surface area contributed by atoms with Gasteiger partial charge >= 0.3 is 6.03 Å². The third-order valence-corrected chi connectivity index (χ3v) is 4.53. The number of urea groups is 1. The van der Waals surface area contributed by atoms with Crippen molar-refractivity contribution in [2.75, 3.05) is 51.6 Å². The number of halogens is 1. The van der Waals surface area contributed by atoms with Gasteiger partial charge in [0.2, 0.25) is 0 Å². The SMILES string of the molecule is [2H]c1c([2H])c(C)c(Cl)c(N2CCN(C([2H])([2H])C([2H])([2H])C3([2H])C([2H])([2H])C([2H])([2H])C([2H])(NC(=O)N(C)C([2H])([2H])[2H])C([2H])([2H])C3([2H])[2H])CC2)c1[2H]. The van der Waals surface area contributed by atoms with Gasteiger partial charge in [0.25, 0.3) is 0 Å². The lowest BCUT2D eigenvalue weighted by atomic mass is 9.84. The van der Waals surface area contributed by atoms with Crippen molar-refractivity contribution < 1.29 is 32.2 Å². The van der Waals surface area contributed by atoms with Gasteiger partial charge in [-0.25, -0.2) is 4.79 Å². The highest BCUT2D eigenvalue weighted by Gasteiger charge is 2.24. The summed E-state index contributed by atoms with van der Waals surface area (Å²) in [6, 6.07) is -6.96. The van der Waals surface area contributed by atoms with E-state index in [1.54, 1.807) is 0 Å². The van der Waals surface area contributed by atoms with Gasteiger partial charge in [-0.1, -0.05) is 23.7 Å². The third-order valence-electron chi connectivity index (χ3n) is 4.06. The number of carbonyl (C=O) groups is 1. The van der Waals surface area contributed by atoms with E-state index in [-0.39, 0.29) is 40.3 Å². The average molecular weight is 427 g/mol. The van der Waals surface area contributed by atoms with Crippen molar-refractivity contribution in [1.29, 1.82) is 0 Å². The summed E-state index contributed by atoms with van der Waals surface area (Å²) in [7, 11) is 0.668. The molecular formula is C22H35ClN4O. The van der Waals surface area contributed by atoms with Crippen molar-refractivity contribution in [3.8, 4) is 0 Å². The van der Waals surface area contributed by atoms with Crippen LogP contribution < -0.4 is 10.2 Å². The highest BCUT2D eigenvalue weighted by molar-refractivity contribution is 6.34. The highest BCUT2D eigenvalue weighted by Crippen LogP contribution is 2.30. The van der Waals surface area contributed by atoms with E-state index in [0.29, 0.717) is 7.05 Å². The fourth-order valence-corrected chi connectivity index (χ4v) is 2.71. The topological polar surface area (TPSA) is 38.8 Å². The normalized spacial score (nSPS) is 47.9. The second kappa shape index (κ2) is 9.84. The molecule has 1 heterocycles. The number of hydrogen-bond donors (Lipinski definition) is 1. The van der Waals surface area contributed by atoms with Crippen LogP contribution in [-0.4, -0.2) is 68.5 Å². The Bertz CT molecular complexity index is 1400. The zero-order chi connectivity index (χ0) is 37.8. The first-order valence-electron chi connectivity index (χ1n) is 18.5. The quantitative estimate of drug-likeness (QED) is 0.773. The first-order chi connectivity index (χ1) is 21.2. The molecule has 0 radical (unpaired) electrons. The van der Waals surface area contributed by atoms with E-state index in [0.717, 1.165) is 4.90 Å². The number of amides is 2. The molecule has 1 aliphatic carbocycles. The maximum Gasteiger partial charge on any atom is 0.317 e. The van der Waals surface area contributed by atoms with E-state index in [1.807, 2.05) is 0 Å². The van der Waals surface area contributed by atoms with Crippen molar-refractivity contribution in [3.05, 3.63) is 28.7 Å². The van der Waals surface area contributed by atoms with Gasteiger partial charge in [0, 0.05) is 68.2 Å². The predicted octanol–water partition coefficient (Wildman–Crippen LogP) is 3.99. The number of nitrogens with one attached hydrogen (secondary N) is 1. The number of nitrogens with zero attached hydrogens (tertiary/aromatic N) is 3. The van der Waals surface area contributed by atoms with Crippen molar-refractivity contribution >= 4 is 23.3 Å². The van der Waals surface area contributed by atoms with Crippen LogP contribution in [0.4, 0.5) is 10.5 Å². The molecule has 2 aliphatic rings. The van der Waals surface area contributed by atoms with E-state index < -0.39 is 88.5 Å². The Labute approximate surface area is 203 Å². The molecule has 1 aromatic rings. The molecule has 3 rings (SSSR count). The maximum atomic E-state index is 12.7. The average Bonchev–Trinajstić information content (AvgIpc) is 2.96. The zero-order valence-corrected chi connectivity index (χ0v) is 16.2. The van der Waals surface area contributed by atoms with Crippen LogP contribution >= 0.6 is 11.6 Å². The Morgan fingerprint density at radius 2 is 2.11 bits per heavy atom. The van der Waals surface area contributed by atoms with E-state index in [2.05, 4.69) is 0 Å². The molecule has 1 aromatic carbocycles. The summed E-state index contributed by atoms with van der Waals surface area (Å²) >= 11 is 6.37. The number of anilines is 1. The van der Waals surface area contributed by atoms with E-state index in [9.17, 15) is 4.79 Å². The number of piperazine rings is 1. The van der Waals surface area contributed by atoms with Crippen LogP contribution in [0.3, 0.4) is 0 Å². The highest BCUT2D eigenvalue weighted by atomic mass is 35.5. The maximum absolute atomic E-state index is 12.7. The fourth-order valence-electron chi connectivity index (χ4n) is 2.49. The summed E-state index contributed by atoms with van der Waals surface area (Å²) in [5.41, 5.74) is 0.254. The minimum Gasteiger partial charge on any atom is -0.368 e. The van der Waals surface area contributed by atoms with Crippen molar-refractivity contribution in [1.82, 2.24) is 15.1 Å². The molecule has 0 unspecified atom stereocenters. The van der Waals surface area contributed by atoms with Crippen LogP contribution in [0.25, 0.3) is 0 Å². The van der Waals surface area contributed by atoms with Crippen molar-refractivity contribution in [2.24, 2.45) is 5.89 Å². The molecule has 28 heavy (non-hydrogen) atoms. The third kappa shape index (κ3) is 5.54. The molecule has 6 heteroatoms. The molecule has 156 valence electrons. The smallest absolute Gasteiger partial charge is 0.317 e. The van der Waals surface area contributed by atoms with E-state index in [1.165, 1.54) is 17.1 Å². The Balaban J connectivity index is 2.10. The molecule has 5 nitrogen and oxygen atoms in total. The summed E-state index contributed by atoms with van der Waals surface area (Å²) in [5.74, 6) is -4.34. The molecule has 1 saturated heterocycles. The first-order valence-corrected chi connectivity index (χ1v) is 8.88. The predicted molar refractivity (Wildman–Crippen MR) is 117 cm³/mol.